The van der Waals surface area contributed by atoms with Gasteiger partial charge >= 0.3 is 6.09 Å². The lowest BCUT2D eigenvalue weighted by molar-refractivity contribution is 0.135. The van der Waals surface area contributed by atoms with Gasteiger partial charge in [-0.05, 0) is 6.92 Å². The van der Waals surface area contributed by atoms with Crippen molar-refractivity contribution < 1.29 is 17.9 Å². The van der Waals surface area contributed by atoms with Gasteiger partial charge < -0.3 is 4.74 Å². The summed E-state index contributed by atoms with van der Waals surface area (Å²) < 4.78 is 26.7. The number of amides is 1. The standard InChI is InChI=1S/C5H9NO4S/c1-4-3-11(8,9)6(4)5(7)10-2/h4H,3H2,1-2H3/t4-/m1/s1. The average Bonchev–Trinajstić information content (AvgIpc) is 1.85. The molecule has 0 spiro atoms. The molecule has 6 heteroatoms. The van der Waals surface area contributed by atoms with Gasteiger partial charge in [0, 0.05) is 0 Å². The maximum atomic E-state index is 10.9. The molecule has 0 aromatic carbocycles. The Kier molecular flexibility index (Phi) is 1.79. The zero-order valence-electron chi connectivity index (χ0n) is 6.27. The molecule has 0 aromatic heterocycles. The van der Waals surface area contributed by atoms with E-state index in [1.165, 1.54) is 0 Å². The van der Waals surface area contributed by atoms with Crippen molar-refractivity contribution in [3.8, 4) is 0 Å². The summed E-state index contributed by atoms with van der Waals surface area (Å²) in [5, 5.41) is 0. The molecule has 1 amide bonds. The Hall–Kier alpha value is -0.780. The van der Waals surface area contributed by atoms with Crippen LogP contribution in [0.2, 0.25) is 0 Å². The van der Waals surface area contributed by atoms with Crippen LogP contribution in [0.4, 0.5) is 4.79 Å². The molecular weight excluding hydrogens is 170 g/mol. The van der Waals surface area contributed by atoms with Crippen LogP contribution in [0.1, 0.15) is 6.92 Å². The first-order valence-corrected chi connectivity index (χ1v) is 4.70. The van der Waals surface area contributed by atoms with Crippen LogP contribution < -0.4 is 0 Å². The second-order valence-corrected chi connectivity index (χ2v) is 4.28. The van der Waals surface area contributed by atoms with Gasteiger partial charge in [-0.25, -0.2) is 17.5 Å². The van der Waals surface area contributed by atoms with E-state index >= 15 is 0 Å². The van der Waals surface area contributed by atoms with Crippen LogP contribution in [0.15, 0.2) is 0 Å². The van der Waals surface area contributed by atoms with E-state index in [-0.39, 0.29) is 11.8 Å². The number of rotatable bonds is 0. The summed E-state index contributed by atoms with van der Waals surface area (Å²) in [4.78, 5) is 10.7. The van der Waals surface area contributed by atoms with Crippen LogP contribution in [0.3, 0.4) is 0 Å². The van der Waals surface area contributed by atoms with E-state index in [1.54, 1.807) is 6.92 Å². The summed E-state index contributed by atoms with van der Waals surface area (Å²) >= 11 is 0. The van der Waals surface area contributed by atoms with Gasteiger partial charge in [0.1, 0.15) is 0 Å². The Morgan fingerprint density at radius 1 is 1.64 bits per heavy atom. The number of carbonyl (C=O) groups is 1. The topological polar surface area (TPSA) is 63.7 Å². The van der Waals surface area contributed by atoms with E-state index in [0.29, 0.717) is 0 Å². The molecule has 5 nitrogen and oxygen atoms in total. The molecule has 0 bridgehead atoms. The zero-order valence-corrected chi connectivity index (χ0v) is 7.09. The third kappa shape index (κ3) is 1.18. The minimum absolute atomic E-state index is 0.0299. The number of ether oxygens (including phenoxy) is 1. The smallest absolute Gasteiger partial charge is 0.423 e. The Bertz CT molecular complexity index is 270. The molecular formula is C5H9NO4S. The SMILES string of the molecule is COC(=O)N1[C@H](C)CS1(=O)=O. The van der Waals surface area contributed by atoms with Crippen molar-refractivity contribution in [2.75, 3.05) is 12.9 Å². The Balaban J connectivity index is 2.80. The number of hydrogen-bond acceptors (Lipinski definition) is 4. The largest absolute Gasteiger partial charge is 0.452 e. The lowest BCUT2D eigenvalue weighted by atomic mass is 10.4. The molecule has 1 aliphatic heterocycles. The number of methoxy groups -OCH3 is 1. The van der Waals surface area contributed by atoms with Crippen LogP contribution in [0.5, 0.6) is 0 Å². The van der Waals surface area contributed by atoms with E-state index in [9.17, 15) is 13.2 Å². The summed E-state index contributed by atoms with van der Waals surface area (Å²) in [5.74, 6) is 0.0299. The first-order chi connectivity index (χ1) is 4.99. The molecule has 1 fully saturated rings. The monoisotopic (exact) mass is 179 g/mol. The van der Waals surface area contributed by atoms with Crippen LogP contribution in [0.25, 0.3) is 0 Å². The molecule has 1 aliphatic rings. The van der Waals surface area contributed by atoms with Gasteiger partial charge in [-0.3, -0.25) is 0 Å². The molecule has 1 rings (SSSR count). The maximum Gasteiger partial charge on any atom is 0.423 e. The van der Waals surface area contributed by atoms with Crippen molar-refractivity contribution in [2.24, 2.45) is 0 Å². The molecule has 1 atom stereocenters. The molecule has 0 N–H and O–H groups in total. The van der Waals surface area contributed by atoms with Crippen LogP contribution in [0, 0.1) is 0 Å². The minimum atomic E-state index is -3.32. The number of carbonyl (C=O) groups excluding carboxylic acids is 1. The van der Waals surface area contributed by atoms with E-state index < -0.39 is 16.1 Å². The second kappa shape index (κ2) is 2.37. The van der Waals surface area contributed by atoms with Gasteiger partial charge in [-0.15, -0.1) is 0 Å². The van der Waals surface area contributed by atoms with Crippen molar-refractivity contribution in [1.29, 1.82) is 0 Å². The lowest BCUT2D eigenvalue weighted by Gasteiger charge is -2.35. The first kappa shape index (κ1) is 8.32. The molecule has 11 heavy (non-hydrogen) atoms. The minimum Gasteiger partial charge on any atom is -0.452 e. The third-order valence-corrected chi connectivity index (χ3v) is 3.52. The summed E-state index contributed by atoms with van der Waals surface area (Å²) in [7, 11) is -2.17. The highest BCUT2D eigenvalue weighted by Gasteiger charge is 2.44. The fraction of sp³-hybridized carbons (Fsp3) is 0.800. The number of sulfonamides is 1. The average molecular weight is 179 g/mol. The van der Waals surface area contributed by atoms with Crippen LogP contribution in [-0.4, -0.2) is 37.7 Å². The highest BCUT2D eigenvalue weighted by atomic mass is 32.2. The number of nitrogens with zero attached hydrogens (tertiary/aromatic N) is 1. The van der Waals surface area contributed by atoms with Gasteiger partial charge in [0.25, 0.3) is 0 Å². The van der Waals surface area contributed by atoms with Gasteiger partial charge in [0.2, 0.25) is 10.0 Å². The molecule has 0 aliphatic carbocycles. The molecule has 1 heterocycles. The Morgan fingerprint density at radius 3 is 2.36 bits per heavy atom. The van der Waals surface area contributed by atoms with Gasteiger partial charge in [0.05, 0.1) is 18.9 Å². The quantitative estimate of drug-likeness (QED) is 0.516. The Morgan fingerprint density at radius 2 is 2.18 bits per heavy atom. The summed E-state index contributed by atoms with van der Waals surface area (Å²) in [6.07, 6.45) is -0.802. The Labute approximate surface area is 65.0 Å². The van der Waals surface area contributed by atoms with Gasteiger partial charge in [-0.2, -0.15) is 0 Å². The molecule has 0 aromatic rings. The van der Waals surface area contributed by atoms with Gasteiger partial charge in [-0.1, -0.05) is 0 Å². The lowest BCUT2D eigenvalue weighted by Crippen LogP contribution is -2.57. The molecule has 0 saturated carbocycles. The summed E-state index contributed by atoms with van der Waals surface area (Å²) in [5.41, 5.74) is 0. The van der Waals surface area contributed by atoms with E-state index in [0.717, 1.165) is 11.4 Å². The van der Waals surface area contributed by atoms with Crippen molar-refractivity contribution in [3.05, 3.63) is 0 Å². The fourth-order valence-corrected chi connectivity index (χ4v) is 2.61. The molecule has 0 unspecified atom stereocenters. The predicted molar refractivity (Wildman–Crippen MR) is 37.5 cm³/mol. The third-order valence-electron chi connectivity index (χ3n) is 1.51. The van der Waals surface area contributed by atoms with E-state index in [4.69, 9.17) is 0 Å². The first-order valence-electron chi connectivity index (χ1n) is 3.09. The maximum absolute atomic E-state index is 10.9. The molecule has 1 saturated heterocycles. The predicted octanol–water partition coefficient (Wildman–Crippen LogP) is -0.213. The fourth-order valence-electron chi connectivity index (χ4n) is 1.03. The normalized spacial score (nSPS) is 27.5. The van der Waals surface area contributed by atoms with Crippen molar-refractivity contribution in [2.45, 2.75) is 13.0 Å². The van der Waals surface area contributed by atoms with Crippen molar-refractivity contribution in [3.63, 3.8) is 0 Å². The summed E-state index contributed by atoms with van der Waals surface area (Å²) in [6, 6.07) is -0.257. The van der Waals surface area contributed by atoms with Crippen molar-refractivity contribution in [1.82, 2.24) is 4.31 Å². The van der Waals surface area contributed by atoms with Gasteiger partial charge in [0.15, 0.2) is 0 Å². The molecule has 64 valence electrons. The number of hydrogen-bond donors (Lipinski definition) is 0. The second-order valence-electron chi connectivity index (χ2n) is 2.39. The zero-order chi connectivity index (χ0) is 8.65. The van der Waals surface area contributed by atoms with Crippen LogP contribution >= 0.6 is 0 Å². The molecule has 0 radical (unpaired) electrons. The van der Waals surface area contributed by atoms with E-state index in [1.807, 2.05) is 0 Å². The summed E-state index contributed by atoms with van der Waals surface area (Å²) in [6.45, 7) is 1.65. The van der Waals surface area contributed by atoms with Crippen LogP contribution in [-0.2, 0) is 14.8 Å². The van der Waals surface area contributed by atoms with Crippen molar-refractivity contribution >= 4 is 16.1 Å². The highest BCUT2D eigenvalue weighted by molar-refractivity contribution is 7.91. The van der Waals surface area contributed by atoms with E-state index in [2.05, 4.69) is 4.74 Å². The highest BCUT2D eigenvalue weighted by Crippen LogP contribution is 2.21.